The van der Waals surface area contributed by atoms with Crippen LogP contribution in [0.15, 0.2) is 54.0 Å². The Morgan fingerprint density at radius 1 is 1.26 bits per heavy atom. The third-order valence-electron chi connectivity index (χ3n) is 6.02. The molecule has 2 aromatic carbocycles. The van der Waals surface area contributed by atoms with Crippen molar-refractivity contribution in [3.63, 3.8) is 0 Å². The second-order valence-electron chi connectivity index (χ2n) is 9.47. The van der Waals surface area contributed by atoms with Crippen molar-refractivity contribution in [2.75, 3.05) is 23.9 Å². The summed E-state index contributed by atoms with van der Waals surface area (Å²) in [7, 11) is 1.61. The van der Waals surface area contributed by atoms with Crippen molar-refractivity contribution in [3.05, 3.63) is 65.3 Å². The van der Waals surface area contributed by atoms with Crippen LogP contribution in [-0.2, 0) is 9.59 Å². The number of likely N-dealkylation sites (N-methyl/N-ethyl adjacent to an activating group) is 1. The first-order valence-corrected chi connectivity index (χ1v) is 12.9. The van der Waals surface area contributed by atoms with Crippen LogP contribution in [0.5, 0.6) is 5.75 Å². The van der Waals surface area contributed by atoms with Crippen molar-refractivity contribution < 1.29 is 24.2 Å². The highest BCUT2D eigenvalue weighted by molar-refractivity contribution is 7.15. The lowest BCUT2D eigenvalue weighted by molar-refractivity contribution is -0.120. The number of fused-ring (bicyclic) bond motifs is 2. The maximum atomic E-state index is 13.2. The van der Waals surface area contributed by atoms with Gasteiger partial charge >= 0.3 is 0 Å². The van der Waals surface area contributed by atoms with Crippen LogP contribution >= 0.6 is 11.3 Å². The molecule has 11 heteroatoms. The highest BCUT2D eigenvalue weighted by Crippen LogP contribution is 2.32. The normalized spacial score (nSPS) is 15.0. The van der Waals surface area contributed by atoms with Crippen molar-refractivity contribution in [3.8, 4) is 28.8 Å². The van der Waals surface area contributed by atoms with Gasteiger partial charge in [0.1, 0.15) is 29.7 Å². The molecule has 1 aliphatic heterocycles. The van der Waals surface area contributed by atoms with Crippen LogP contribution in [0.25, 0.3) is 16.2 Å². The van der Waals surface area contributed by atoms with Crippen LogP contribution in [0.2, 0.25) is 0 Å². The molecule has 4 aromatic rings. The topological polar surface area (TPSA) is 125 Å². The SMILES string of the molecule is CN1C(=O)[C@@H](NC(=O)c2cn3c(-c4ccc(NC=O)cc4)csc3n2)COc2ccc(C#CC(C)(C)O)cc21. The number of carbonyl (C=O) groups is 3. The molecular formula is C28H25N5O5S. The van der Waals surface area contributed by atoms with E-state index in [1.165, 1.54) is 16.2 Å². The van der Waals surface area contributed by atoms with Crippen LogP contribution < -0.4 is 20.3 Å². The number of benzene rings is 2. The molecule has 0 fully saturated rings. The zero-order chi connectivity index (χ0) is 27.7. The van der Waals surface area contributed by atoms with Gasteiger partial charge in [0.2, 0.25) is 6.41 Å². The fourth-order valence-corrected chi connectivity index (χ4v) is 4.93. The standard InChI is InChI=1S/C28H25N5O5S/c1-28(2,37)11-10-17-4-9-24-22(12-17)32(3)26(36)21(14-38-24)30-25(35)20-13-33-23(15-39-27(33)31-20)18-5-7-19(8-6-18)29-16-34/h4-9,12-13,15-16,21,37H,14H2,1-3H3,(H,29,34)(H,30,35)/t21-/m0/s1. The fraction of sp³-hybridized carbons (Fsp3) is 0.214. The zero-order valence-corrected chi connectivity index (χ0v) is 22.2. The summed E-state index contributed by atoms with van der Waals surface area (Å²) in [4.78, 5) is 43.5. The van der Waals surface area contributed by atoms with Crippen LogP contribution in [0.1, 0.15) is 29.9 Å². The number of rotatable bonds is 5. The molecule has 0 unspecified atom stereocenters. The van der Waals surface area contributed by atoms with Crippen LogP contribution in [0, 0.1) is 11.8 Å². The van der Waals surface area contributed by atoms with Gasteiger partial charge in [0.15, 0.2) is 4.96 Å². The molecule has 1 aliphatic rings. The van der Waals surface area contributed by atoms with E-state index in [-0.39, 0.29) is 18.2 Å². The summed E-state index contributed by atoms with van der Waals surface area (Å²) < 4.78 is 7.67. The molecule has 1 atom stereocenters. The summed E-state index contributed by atoms with van der Waals surface area (Å²) in [6.07, 6.45) is 2.24. The summed E-state index contributed by atoms with van der Waals surface area (Å²) in [6.45, 7) is 3.13. The van der Waals surface area contributed by atoms with E-state index in [0.717, 1.165) is 11.3 Å². The fourth-order valence-electron chi connectivity index (χ4n) is 4.04. The second-order valence-corrected chi connectivity index (χ2v) is 10.3. The number of aromatic nitrogens is 2. The molecule has 3 amide bonds. The van der Waals surface area contributed by atoms with E-state index in [4.69, 9.17) is 4.74 Å². The Bertz CT molecular complexity index is 1640. The molecule has 0 saturated carbocycles. The van der Waals surface area contributed by atoms with Crippen molar-refractivity contribution in [1.82, 2.24) is 14.7 Å². The molecule has 0 saturated heterocycles. The summed E-state index contributed by atoms with van der Waals surface area (Å²) in [5.74, 6) is 5.29. The van der Waals surface area contributed by atoms with Crippen LogP contribution in [0.3, 0.4) is 0 Å². The lowest BCUT2D eigenvalue weighted by Crippen LogP contribution is -2.49. The number of amides is 3. The van der Waals surface area contributed by atoms with E-state index in [1.807, 2.05) is 21.9 Å². The van der Waals surface area contributed by atoms with E-state index in [1.54, 1.807) is 57.4 Å². The number of nitrogens with zero attached hydrogens (tertiary/aromatic N) is 3. The first kappa shape index (κ1) is 26.0. The number of carbonyl (C=O) groups excluding carboxylic acids is 3. The third kappa shape index (κ3) is 5.47. The minimum atomic E-state index is -1.15. The predicted molar refractivity (Wildman–Crippen MR) is 148 cm³/mol. The van der Waals surface area contributed by atoms with Crippen molar-refractivity contribution in [1.29, 1.82) is 0 Å². The average Bonchev–Trinajstić information content (AvgIpc) is 3.48. The minimum Gasteiger partial charge on any atom is -0.489 e. The van der Waals surface area contributed by atoms with E-state index >= 15 is 0 Å². The van der Waals surface area contributed by atoms with Crippen LogP contribution in [0.4, 0.5) is 11.4 Å². The molecule has 3 heterocycles. The molecule has 3 N–H and O–H groups in total. The molecule has 5 rings (SSSR count). The number of anilines is 2. The smallest absolute Gasteiger partial charge is 0.272 e. The molecule has 2 aromatic heterocycles. The highest BCUT2D eigenvalue weighted by Gasteiger charge is 2.31. The lowest BCUT2D eigenvalue weighted by Gasteiger charge is -2.20. The Hall–Kier alpha value is -4.66. The van der Waals surface area contributed by atoms with Crippen molar-refractivity contribution in [2.24, 2.45) is 0 Å². The average molecular weight is 544 g/mol. The monoisotopic (exact) mass is 543 g/mol. The van der Waals surface area contributed by atoms with Gasteiger partial charge in [0.05, 0.1) is 11.4 Å². The molecular weight excluding hydrogens is 518 g/mol. The Morgan fingerprint density at radius 2 is 2.03 bits per heavy atom. The zero-order valence-electron chi connectivity index (χ0n) is 21.4. The largest absolute Gasteiger partial charge is 0.489 e. The number of nitrogens with one attached hydrogen (secondary N) is 2. The molecule has 39 heavy (non-hydrogen) atoms. The number of thiazole rings is 1. The second kappa shape index (κ2) is 10.2. The van der Waals surface area contributed by atoms with Gasteiger partial charge in [-0.2, -0.15) is 0 Å². The molecule has 0 aliphatic carbocycles. The van der Waals surface area contributed by atoms with Gasteiger partial charge in [-0.05, 0) is 49.7 Å². The lowest BCUT2D eigenvalue weighted by atomic mass is 10.1. The quantitative estimate of drug-likeness (QED) is 0.263. The summed E-state index contributed by atoms with van der Waals surface area (Å²) in [5, 5.41) is 17.2. The number of aliphatic hydroxyl groups is 1. The van der Waals surface area contributed by atoms with Gasteiger partial charge in [-0.1, -0.05) is 24.0 Å². The number of ether oxygens (including phenoxy) is 1. The Morgan fingerprint density at radius 3 is 2.74 bits per heavy atom. The molecule has 10 nitrogen and oxygen atoms in total. The van der Waals surface area contributed by atoms with Gasteiger partial charge < -0.3 is 25.4 Å². The summed E-state index contributed by atoms with van der Waals surface area (Å²) >= 11 is 1.38. The van der Waals surface area contributed by atoms with Gasteiger partial charge in [-0.25, -0.2) is 4.98 Å². The Balaban J connectivity index is 1.33. The summed E-state index contributed by atoms with van der Waals surface area (Å²) in [6, 6.07) is 11.5. The van der Waals surface area contributed by atoms with E-state index < -0.39 is 17.6 Å². The highest BCUT2D eigenvalue weighted by atomic mass is 32.1. The van der Waals surface area contributed by atoms with E-state index in [0.29, 0.717) is 34.1 Å². The van der Waals surface area contributed by atoms with Gasteiger partial charge in [-0.15, -0.1) is 11.3 Å². The predicted octanol–water partition coefficient (Wildman–Crippen LogP) is 2.91. The van der Waals surface area contributed by atoms with Crippen LogP contribution in [-0.4, -0.2) is 58.0 Å². The Kier molecular flexibility index (Phi) is 6.82. The number of hydrogen-bond donors (Lipinski definition) is 3. The van der Waals surface area contributed by atoms with Crippen molar-refractivity contribution in [2.45, 2.75) is 25.5 Å². The maximum absolute atomic E-state index is 13.2. The molecule has 0 spiro atoms. The first-order valence-electron chi connectivity index (χ1n) is 12.0. The number of imidazole rings is 1. The molecule has 0 bridgehead atoms. The minimum absolute atomic E-state index is 0.0503. The number of hydrogen-bond acceptors (Lipinski definition) is 7. The summed E-state index contributed by atoms with van der Waals surface area (Å²) in [5.41, 5.74) is 2.55. The van der Waals surface area contributed by atoms with Gasteiger partial charge in [0, 0.05) is 29.9 Å². The first-order chi connectivity index (χ1) is 18.6. The van der Waals surface area contributed by atoms with Gasteiger partial charge in [0.25, 0.3) is 11.8 Å². The van der Waals surface area contributed by atoms with Crippen molar-refractivity contribution >= 4 is 45.9 Å². The molecule has 198 valence electrons. The maximum Gasteiger partial charge on any atom is 0.272 e. The molecule has 0 radical (unpaired) electrons. The van der Waals surface area contributed by atoms with E-state index in [2.05, 4.69) is 27.5 Å². The van der Waals surface area contributed by atoms with Gasteiger partial charge in [-0.3, -0.25) is 18.8 Å². The van der Waals surface area contributed by atoms with E-state index in [9.17, 15) is 19.5 Å². The Labute approximate surface area is 228 Å². The third-order valence-corrected chi connectivity index (χ3v) is 6.86.